The number of nitrogens with zero attached hydrogens (tertiary/aromatic N) is 2. The van der Waals surface area contributed by atoms with Crippen LogP contribution in [0.3, 0.4) is 0 Å². The van der Waals surface area contributed by atoms with Gasteiger partial charge in [-0.3, -0.25) is 9.97 Å². The standard InChI is InChI=1S/C13H22N2O6.V/c1-2-9(17)13(21)12(20)8-5-14-7(4-15-8)3-10(18)11(19)6-16;/h4-5,9-13,16-21H,2-3,6H2,1H3;/t9-,10+,11-,12-,13-;/m1./s1. The maximum Gasteiger partial charge on any atom is 0.126 e. The van der Waals surface area contributed by atoms with Crippen molar-refractivity contribution in [3.05, 3.63) is 23.8 Å². The Morgan fingerprint density at radius 1 is 0.955 bits per heavy atom. The van der Waals surface area contributed by atoms with Crippen molar-refractivity contribution in [1.82, 2.24) is 9.97 Å². The Kier molecular flexibility index (Phi) is 9.98. The summed E-state index contributed by atoms with van der Waals surface area (Å²) in [6.45, 7) is 1.11. The first-order valence-electron chi connectivity index (χ1n) is 6.72. The molecule has 0 spiro atoms. The van der Waals surface area contributed by atoms with Gasteiger partial charge in [-0.1, -0.05) is 6.92 Å². The molecule has 6 N–H and O–H groups in total. The Morgan fingerprint density at radius 3 is 2.05 bits per heavy atom. The second-order valence-corrected chi connectivity index (χ2v) is 4.87. The molecule has 0 aliphatic heterocycles. The van der Waals surface area contributed by atoms with Crippen molar-refractivity contribution < 1.29 is 49.2 Å². The van der Waals surface area contributed by atoms with Crippen molar-refractivity contribution >= 4 is 0 Å². The molecule has 0 unspecified atom stereocenters. The summed E-state index contributed by atoms with van der Waals surface area (Å²) in [7, 11) is 0. The molecule has 8 nitrogen and oxygen atoms in total. The zero-order chi connectivity index (χ0) is 16.0. The van der Waals surface area contributed by atoms with Gasteiger partial charge in [0.1, 0.15) is 18.3 Å². The molecule has 0 amide bonds. The molecule has 0 saturated heterocycles. The molecular formula is C13H22N2O6V. The van der Waals surface area contributed by atoms with Gasteiger partial charge in [0.2, 0.25) is 0 Å². The normalized spacial score (nSPS) is 18.0. The minimum atomic E-state index is -1.37. The minimum Gasteiger partial charge on any atom is -0.394 e. The quantitative estimate of drug-likeness (QED) is 0.311. The summed E-state index contributed by atoms with van der Waals surface area (Å²) < 4.78 is 0. The Bertz CT molecular complexity index is 421. The molecule has 0 aliphatic rings. The van der Waals surface area contributed by atoms with Crippen molar-refractivity contribution in [2.45, 2.75) is 50.3 Å². The molecule has 0 bridgehead atoms. The van der Waals surface area contributed by atoms with Gasteiger partial charge in [0.05, 0.1) is 36.4 Å². The fourth-order valence-electron chi connectivity index (χ4n) is 1.72. The topological polar surface area (TPSA) is 147 Å². The molecule has 9 heteroatoms. The monoisotopic (exact) mass is 353 g/mol. The number of aliphatic hydroxyl groups excluding tert-OH is 6. The predicted molar refractivity (Wildman–Crippen MR) is 72.1 cm³/mol. The number of rotatable bonds is 8. The van der Waals surface area contributed by atoms with Gasteiger partial charge in [-0.2, -0.15) is 0 Å². The van der Waals surface area contributed by atoms with E-state index in [2.05, 4.69) is 9.97 Å². The van der Waals surface area contributed by atoms with Crippen LogP contribution in [-0.4, -0.2) is 71.6 Å². The van der Waals surface area contributed by atoms with Crippen LogP contribution >= 0.6 is 0 Å². The summed E-state index contributed by atoms with van der Waals surface area (Å²) in [5.74, 6) is 0. The average Bonchev–Trinajstić information content (AvgIpc) is 2.52. The van der Waals surface area contributed by atoms with Crippen LogP contribution in [0.25, 0.3) is 0 Å². The van der Waals surface area contributed by atoms with E-state index in [4.69, 9.17) is 5.11 Å². The smallest absolute Gasteiger partial charge is 0.126 e. The minimum absolute atomic E-state index is 0. The summed E-state index contributed by atoms with van der Waals surface area (Å²) in [6.07, 6.45) is -3.44. The third-order valence-electron chi connectivity index (χ3n) is 3.21. The zero-order valence-electron chi connectivity index (χ0n) is 12.2. The van der Waals surface area contributed by atoms with Crippen molar-refractivity contribution in [3.8, 4) is 0 Å². The van der Waals surface area contributed by atoms with Crippen LogP contribution in [0.5, 0.6) is 0 Å². The molecule has 125 valence electrons. The first-order valence-corrected chi connectivity index (χ1v) is 6.72. The summed E-state index contributed by atoms with van der Waals surface area (Å²) in [4.78, 5) is 7.87. The van der Waals surface area contributed by atoms with E-state index < -0.39 is 37.1 Å². The SMILES string of the molecule is CC[C@@H](O)[C@@H](O)[C@H](O)c1cnc(C[C@H](O)[C@H](O)CO)cn1.[V]. The Labute approximate surface area is 140 Å². The molecule has 1 rings (SSSR count). The van der Waals surface area contributed by atoms with Gasteiger partial charge in [-0.15, -0.1) is 0 Å². The Hall–Kier alpha value is -0.576. The predicted octanol–water partition coefficient (Wildman–Crippen LogP) is -2.10. The summed E-state index contributed by atoms with van der Waals surface area (Å²) in [6, 6.07) is 0. The molecule has 5 atom stereocenters. The van der Waals surface area contributed by atoms with Gasteiger partial charge < -0.3 is 30.6 Å². The molecular weight excluding hydrogens is 331 g/mol. The van der Waals surface area contributed by atoms with Gasteiger partial charge in [-0.05, 0) is 6.42 Å². The fourth-order valence-corrected chi connectivity index (χ4v) is 1.72. The molecule has 1 radical (unpaired) electrons. The zero-order valence-corrected chi connectivity index (χ0v) is 13.6. The van der Waals surface area contributed by atoms with E-state index in [1.54, 1.807) is 6.92 Å². The largest absolute Gasteiger partial charge is 0.394 e. The molecule has 22 heavy (non-hydrogen) atoms. The van der Waals surface area contributed by atoms with Gasteiger partial charge >= 0.3 is 0 Å². The molecule has 1 aromatic heterocycles. The Morgan fingerprint density at radius 2 is 1.59 bits per heavy atom. The van der Waals surface area contributed by atoms with E-state index in [1.165, 1.54) is 12.4 Å². The van der Waals surface area contributed by atoms with Crippen molar-refractivity contribution in [2.24, 2.45) is 0 Å². The third-order valence-corrected chi connectivity index (χ3v) is 3.21. The molecule has 1 heterocycles. The van der Waals surface area contributed by atoms with Gasteiger partial charge in [0.25, 0.3) is 0 Å². The molecule has 0 saturated carbocycles. The average molecular weight is 353 g/mol. The van der Waals surface area contributed by atoms with Crippen LogP contribution in [0.15, 0.2) is 12.4 Å². The second-order valence-electron chi connectivity index (χ2n) is 4.87. The number of hydrogen-bond acceptors (Lipinski definition) is 8. The third kappa shape index (κ3) is 5.90. The van der Waals surface area contributed by atoms with Gasteiger partial charge in [0, 0.05) is 31.2 Å². The number of aliphatic hydroxyl groups is 6. The van der Waals surface area contributed by atoms with Crippen LogP contribution in [0, 0.1) is 0 Å². The van der Waals surface area contributed by atoms with E-state index in [-0.39, 0.29) is 37.1 Å². The first-order chi connectivity index (χ1) is 9.90. The van der Waals surface area contributed by atoms with Crippen LogP contribution < -0.4 is 0 Å². The van der Waals surface area contributed by atoms with Gasteiger partial charge in [0.15, 0.2) is 0 Å². The molecule has 0 aromatic carbocycles. The van der Waals surface area contributed by atoms with Crippen LogP contribution in [0.4, 0.5) is 0 Å². The van der Waals surface area contributed by atoms with Crippen LogP contribution in [0.1, 0.15) is 30.8 Å². The van der Waals surface area contributed by atoms with Crippen molar-refractivity contribution in [1.29, 1.82) is 0 Å². The fraction of sp³-hybridized carbons (Fsp3) is 0.692. The van der Waals surface area contributed by atoms with E-state index >= 15 is 0 Å². The first kappa shape index (κ1) is 21.4. The summed E-state index contributed by atoms with van der Waals surface area (Å²) >= 11 is 0. The van der Waals surface area contributed by atoms with Crippen molar-refractivity contribution in [3.63, 3.8) is 0 Å². The molecule has 1 aromatic rings. The van der Waals surface area contributed by atoms with Crippen molar-refractivity contribution in [2.75, 3.05) is 6.61 Å². The maximum atomic E-state index is 9.85. The van der Waals surface area contributed by atoms with E-state index in [1.807, 2.05) is 0 Å². The Balaban J connectivity index is 0.00000441. The van der Waals surface area contributed by atoms with E-state index in [0.717, 1.165) is 0 Å². The van der Waals surface area contributed by atoms with E-state index in [0.29, 0.717) is 5.69 Å². The van der Waals surface area contributed by atoms with Crippen LogP contribution in [0.2, 0.25) is 0 Å². The van der Waals surface area contributed by atoms with Crippen LogP contribution in [-0.2, 0) is 25.0 Å². The second kappa shape index (κ2) is 10.2. The maximum absolute atomic E-state index is 9.85. The number of aromatic nitrogens is 2. The summed E-state index contributed by atoms with van der Waals surface area (Å²) in [5, 5.41) is 56.5. The molecule has 0 aliphatic carbocycles. The van der Waals surface area contributed by atoms with E-state index in [9.17, 15) is 25.5 Å². The molecule has 0 fully saturated rings. The van der Waals surface area contributed by atoms with Gasteiger partial charge in [-0.25, -0.2) is 0 Å². The summed E-state index contributed by atoms with van der Waals surface area (Å²) in [5.41, 5.74) is 0.451. The number of hydrogen-bond donors (Lipinski definition) is 6.